The van der Waals surface area contributed by atoms with E-state index in [-0.39, 0.29) is 11.7 Å². The van der Waals surface area contributed by atoms with Crippen LogP contribution in [0.1, 0.15) is 29.0 Å². The van der Waals surface area contributed by atoms with Gasteiger partial charge in [-0.25, -0.2) is 4.79 Å². The van der Waals surface area contributed by atoms with Gasteiger partial charge in [0.05, 0.1) is 0 Å². The number of aryl methyl sites for hydroxylation is 1. The molecule has 0 fully saturated rings. The van der Waals surface area contributed by atoms with Gasteiger partial charge >= 0.3 is 12.1 Å². The van der Waals surface area contributed by atoms with Crippen molar-refractivity contribution in [3.8, 4) is 5.75 Å². The highest BCUT2D eigenvalue weighted by Gasteiger charge is 2.41. The Hall–Kier alpha value is -1.57. The molecule has 0 bridgehead atoms. The maximum atomic E-state index is 12.5. The van der Waals surface area contributed by atoms with Gasteiger partial charge in [0.1, 0.15) is 5.75 Å². The average Bonchev–Trinajstić information content (AvgIpc) is 2.54. The smallest absolute Gasteiger partial charge is 0.420 e. The molecular weight excluding hydrogens is 432 g/mol. The molecule has 0 aromatic heterocycles. The van der Waals surface area contributed by atoms with Crippen LogP contribution >= 0.6 is 22.6 Å². The van der Waals surface area contributed by atoms with Gasteiger partial charge < -0.3 is 4.74 Å². The molecule has 0 spiro atoms. The molecule has 6 heteroatoms. The van der Waals surface area contributed by atoms with Crippen molar-refractivity contribution in [2.45, 2.75) is 25.4 Å². The van der Waals surface area contributed by atoms with Gasteiger partial charge in [-0.05, 0) is 25.0 Å². The molecule has 1 unspecified atom stereocenters. The van der Waals surface area contributed by atoms with Crippen LogP contribution in [0.5, 0.6) is 5.75 Å². The first-order chi connectivity index (χ1) is 11.3. The Morgan fingerprint density at radius 2 is 1.83 bits per heavy atom. The molecule has 0 aliphatic heterocycles. The molecule has 2 nitrogen and oxygen atoms in total. The average molecular weight is 448 g/mol. The summed E-state index contributed by atoms with van der Waals surface area (Å²) in [6, 6.07) is 14.3. The van der Waals surface area contributed by atoms with Gasteiger partial charge in [0.25, 0.3) is 0 Å². The summed E-state index contributed by atoms with van der Waals surface area (Å²) in [4.78, 5) is 11.2. The summed E-state index contributed by atoms with van der Waals surface area (Å²) >= 11 is 2.23. The summed E-state index contributed by atoms with van der Waals surface area (Å²) in [6.45, 7) is 1.85. The second-order valence-corrected chi connectivity index (χ2v) is 6.45. The van der Waals surface area contributed by atoms with E-state index < -0.39 is 12.1 Å². The predicted molar refractivity (Wildman–Crippen MR) is 94.7 cm³/mol. The second-order valence-electron chi connectivity index (χ2n) is 5.37. The van der Waals surface area contributed by atoms with Crippen molar-refractivity contribution in [1.29, 1.82) is 0 Å². The highest BCUT2D eigenvalue weighted by atomic mass is 127. The molecule has 24 heavy (non-hydrogen) atoms. The largest absolute Gasteiger partial charge is 0.491 e. The van der Waals surface area contributed by atoms with E-state index in [1.807, 2.05) is 37.3 Å². The lowest BCUT2D eigenvalue weighted by Crippen LogP contribution is -2.28. The minimum atomic E-state index is -5.02. The number of halogens is 4. The topological polar surface area (TPSA) is 26.3 Å². The van der Waals surface area contributed by atoms with Crippen molar-refractivity contribution < 1.29 is 22.7 Å². The molecule has 0 saturated heterocycles. The normalized spacial score (nSPS) is 12.7. The molecule has 1 atom stereocenters. The van der Waals surface area contributed by atoms with Crippen LogP contribution in [0.15, 0.2) is 48.5 Å². The maximum Gasteiger partial charge on any atom is 0.491 e. The number of ether oxygens (including phenoxy) is 1. The third-order valence-corrected chi connectivity index (χ3v) is 4.20. The highest BCUT2D eigenvalue weighted by Crippen LogP contribution is 2.36. The number of carbonyl (C=O) groups excluding carboxylic acids is 1. The summed E-state index contributed by atoms with van der Waals surface area (Å²) in [5.74, 6) is -2.38. The molecule has 0 aliphatic rings. The van der Waals surface area contributed by atoms with Gasteiger partial charge in [0, 0.05) is 15.9 Å². The number of benzene rings is 2. The molecule has 0 aliphatic carbocycles. The quantitative estimate of drug-likeness (QED) is 0.264. The molecule has 0 N–H and O–H groups in total. The van der Waals surface area contributed by atoms with Gasteiger partial charge in [-0.3, -0.25) is 0 Å². The fourth-order valence-corrected chi connectivity index (χ4v) is 3.11. The van der Waals surface area contributed by atoms with Gasteiger partial charge in [0.2, 0.25) is 0 Å². The summed E-state index contributed by atoms with van der Waals surface area (Å²) in [6.07, 6.45) is -4.29. The van der Waals surface area contributed by atoms with Gasteiger partial charge in [-0.15, -0.1) is 0 Å². The van der Waals surface area contributed by atoms with Gasteiger partial charge in [0.15, 0.2) is 0 Å². The minimum Gasteiger partial charge on any atom is -0.420 e. The van der Waals surface area contributed by atoms with Crippen molar-refractivity contribution in [3.63, 3.8) is 0 Å². The van der Waals surface area contributed by atoms with Crippen molar-refractivity contribution in [2.75, 3.05) is 4.43 Å². The zero-order chi connectivity index (χ0) is 17.7. The van der Waals surface area contributed by atoms with E-state index in [9.17, 15) is 18.0 Å². The lowest BCUT2D eigenvalue weighted by molar-refractivity contribution is -0.189. The first-order valence-electron chi connectivity index (χ1n) is 7.33. The van der Waals surface area contributed by atoms with E-state index in [1.165, 1.54) is 6.07 Å². The molecular formula is C18H16F3IO2. The number of alkyl halides is 4. The number of esters is 1. The minimum absolute atomic E-state index is 0.0402. The lowest BCUT2D eigenvalue weighted by Gasteiger charge is -2.21. The van der Waals surface area contributed by atoms with Crippen LogP contribution in [0.3, 0.4) is 0 Å². The van der Waals surface area contributed by atoms with E-state index >= 15 is 0 Å². The Kier molecular flexibility index (Phi) is 6.26. The third kappa shape index (κ3) is 4.72. The van der Waals surface area contributed by atoms with Crippen LogP contribution < -0.4 is 4.74 Å². The monoisotopic (exact) mass is 448 g/mol. The predicted octanol–water partition coefficient (Wildman–Crippen LogP) is 5.42. The van der Waals surface area contributed by atoms with Gasteiger partial charge in [-0.2, -0.15) is 13.2 Å². The first kappa shape index (κ1) is 18.8. The lowest BCUT2D eigenvalue weighted by atomic mass is 9.88. The fraction of sp³-hybridized carbons (Fsp3) is 0.278. The third-order valence-electron chi connectivity index (χ3n) is 3.57. The van der Waals surface area contributed by atoms with Crippen molar-refractivity contribution >= 4 is 28.6 Å². The SMILES string of the molecule is Cc1ccc(OC(=O)C(F)(F)F)c(C(CCI)c2ccccc2)c1. The standard InChI is InChI=1S/C18H16F3IO2/c1-12-7-8-16(24-17(23)18(19,20)21)15(11-12)14(9-10-22)13-5-3-2-4-6-13/h2-8,11,14H,9-10H2,1H3. The number of hydrogen-bond donors (Lipinski definition) is 0. The highest BCUT2D eigenvalue weighted by molar-refractivity contribution is 14.1. The van der Waals surface area contributed by atoms with Crippen LogP contribution in [0.2, 0.25) is 0 Å². The Balaban J connectivity index is 2.46. The fourth-order valence-electron chi connectivity index (χ4n) is 2.49. The first-order valence-corrected chi connectivity index (χ1v) is 8.86. The van der Waals surface area contributed by atoms with Crippen LogP contribution in [-0.2, 0) is 4.79 Å². The Morgan fingerprint density at radius 1 is 1.17 bits per heavy atom. The van der Waals surface area contributed by atoms with Crippen LogP contribution in [-0.4, -0.2) is 16.6 Å². The molecule has 0 heterocycles. The molecule has 128 valence electrons. The van der Waals surface area contributed by atoms with Crippen LogP contribution in [0, 0.1) is 6.92 Å². The van der Waals surface area contributed by atoms with E-state index in [0.717, 1.165) is 22.0 Å². The van der Waals surface area contributed by atoms with Crippen molar-refractivity contribution in [2.24, 2.45) is 0 Å². The molecule has 2 aromatic carbocycles. The Labute approximate surface area is 152 Å². The molecule has 2 aromatic rings. The molecule has 2 rings (SSSR count). The van der Waals surface area contributed by atoms with E-state index in [1.54, 1.807) is 12.1 Å². The summed E-state index contributed by atoms with van der Waals surface area (Å²) < 4.78 is 43.1. The summed E-state index contributed by atoms with van der Waals surface area (Å²) in [5.41, 5.74) is 2.46. The number of rotatable bonds is 5. The Morgan fingerprint density at radius 3 is 2.42 bits per heavy atom. The molecule has 0 amide bonds. The van der Waals surface area contributed by atoms with E-state index in [4.69, 9.17) is 0 Å². The maximum absolute atomic E-state index is 12.5. The Bertz CT molecular complexity index is 699. The number of hydrogen-bond acceptors (Lipinski definition) is 2. The summed E-state index contributed by atoms with van der Waals surface area (Å²) in [7, 11) is 0. The number of carbonyl (C=O) groups is 1. The molecule has 0 saturated carbocycles. The van der Waals surface area contributed by atoms with Crippen LogP contribution in [0.25, 0.3) is 0 Å². The summed E-state index contributed by atoms with van der Waals surface area (Å²) in [5, 5.41) is 0. The van der Waals surface area contributed by atoms with Crippen molar-refractivity contribution in [3.05, 3.63) is 65.2 Å². The van der Waals surface area contributed by atoms with Gasteiger partial charge in [-0.1, -0.05) is 70.6 Å². The zero-order valence-electron chi connectivity index (χ0n) is 12.9. The van der Waals surface area contributed by atoms with Crippen LogP contribution in [0.4, 0.5) is 13.2 Å². The zero-order valence-corrected chi connectivity index (χ0v) is 15.1. The van der Waals surface area contributed by atoms with E-state index in [2.05, 4.69) is 27.3 Å². The van der Waals surface area contributed by atoms with E-state index in [0.29, 0.717) is 5.56 Å². The molecule has 0 radical (unpaired) electrons. The van der Waals surface area contributed by atoms with Crippen molar-refractivity contribution in [1.82, 2.24) is 0 Å². The second kappa shape index (κ2) is 8.00.